The summed E-state index contributed by atoms with van der Waals surface area (Å²) in [6.07, 6.45) is -2.66. The number of ether oxygens (including phenoxy) is 2. The van der Waals surface area contributed by atoms with E-state index in [2.05, 4.69) is 10.4 Å². The van der Waals surface area contributed by atoms with Crippen LogP contribution in [0.1, 0.15) is 12.1 Å². The maximum atomic E-state index is 12.5. The number of anilines is 1. The van der Waals surface area contributed by atoms with Crippen molar-refractivity contribution in [2.75, 3.05) is 18.5 Å². The SMILES string of the molecule is O=C(Cn1ccc(C(F)(F)F)n1)Nc1ccc2c(c1)OCCCO2. The predicted octanol–water partition coefficient (Wildman–Crippen LogP) is 2.70. The van der Waals surface area contributed by atoms with Gasteiger partial charge in [-0.15, -0.1) is 0 Å². The van der Waals surface area contributed by atoms with E-state index in [-0.39, 0.29) is 6.54 Å². The molecule has 0 radical (unpaired) electrons. The van der Waals surface area contributed by atoms with Crippen LogP contribution in [0.2, 0.25) is 0 Å². The van der Waals surface area contributed by atoms with Gasteiger partial charge in [0.25, 0.3) is 0 Å². The molecule has 0 saturated carbocycles. The maximum absolute atomic E-state index is 12.5. The maximum Gasteiger partial charge on any atom is 0.435 e. The first-order valence-corrected chi connectivity index (χ1v) is 7.22. The molecule has 2 aromatic rings. The van der Waals surface area contributed by atoms with E-state index in [0.717, 1.165) is 23.4 Å². The number of aromatic nitrogens is 2. The van der Waals surface area contributed by atoms with E-state index in [4.69, 9.17) is 9.47 Å². The lowest BCUT2D eigenvalue weighted by Gasteiger charge is -2.10. The number of benzene rings is 1. The number of nitrogens with one attached hydrogen (secondary N) is 1. The minimum atomic E-state index is -4.53. The molecule has 1 aliphatic heterocycles. The number of alkyl halides is 3. The predicted molar refractivity (Wildman–Crippen MR) is 77.9 cm³/mol. The molecule has 9 heteroatoms. The molecule has 1 aliphatic rings. The average Bonchev–Trinajstić information content (AvgIpc) is 2.85. The molecular formula is C15H14F3N3O3. The fourth-order valence-corrected chi connectivity index (χ4v) is 2.19. The molecule has 24 heavy (non-hydrogen) atoms. The molecule has 0 bridgehead atoms. The number of amides is 1. The Morgan fingerprint density at radius 2 is 1.96 bits per heavy atom. The molecule has 3 rings (SSSR count). The van der Waals surface area contributed by atoms with Crippen LogP contribution in [0.15, 0.2) is 30.5 Å². The van der Waals surface area contributed by atoms with Gasteiger partial charge in [-0.3, -0.25) is 9.48 Å². The quantitative estimate of drug-likeness (QED) is 0.932. The van der Waals surface area contributed by atoms with E-state index in [1.165, 1.54) is 0 Å². The van der Waals surface area contributed by atoms with Crippen molar-refractivity contribution in [2.24, 2.45) is 0 Å². The van der Waals surface area contributed by atoms with E-state index in [9.17, 15) is 18.0 Å². The van der Waals surface area contributed by atoms with Crippen LogP contribution >= 0.6 is 0 Å². The standard InChI is InChI=1S/C15H14F3N3O3/c16-15(17,18)13-4-5-21(20-13)9-14(22)19-10-2-3-11-12(8-10)24-7-1-6-23-11/h2-5,8H,1,6-7,9H2,(H,19,22). The van der Waals surface area contributed by atoms with Crippen LogP contribution in [0.25, 0.3) is 0 Å². The number of halogens is 3. The van der Waals surface area contributed by atoms with Gasteiger partial charge in [-0.25, -0.2) is 0 Å². The van der Waals surface area contributed by atoms with Crippen LogP contribution in [0, 0.1) is 0 Å². The summed E-state index contributed by atoms with van der Waals surface area (Å²) < 4.78 is 49.4. The number of carbonyl (C=O) groups excluding carboxylic acids is 1. The minimum absolute atomic E-state index is 0.329. The van der Waals surface area contributed by atoms with Crippen LogP contribution < -0.4 is 14.8 Å². The third-order valence-electron chi connectivity index (χ3n) is 3.27. The Morgan fingerprint density at radius 1 is 1.21 bits per heavy atom. The minimum Gasteiger partial charge on any atom is -0.490 e. The zero-order chi connectivity index (χ0) is 17.2. The van der Waals surface area contributed by atoms with Crippen LogP contribution in [0.5, 0.6) is 11.5 Å². The van der Waals surface area contributed by atoms with E-state index in [0.29, 0.717) is 30.4 Å². The first-order valence-electron chi connectivity index (χ1n) is 7.22. The first-order chi connectivity index (χ1) is 11.4. The summed E-state index contributed by atoms with van der Waals surface area (Å²) in [7, 11) is 0. The first kappa shape index (κ1) is 16.2. The van der Waals surface area contributed by atoms with Crippen molar-refractivity contribution in [3.63, 3.8) is 0 Å². The Hall–Kier alpha value is -2.71. The van der Waals surface area contributed by atoms with E-state index < -0.39 is 17.8 Å². The molecule has 0 aliphatic carbocycles. The summed E-state index contributed by atoms with van der Waals surface area (Å²) in [4.78, 5) is 12.0. The highest BCUT2D eigenvalue weighted by molar-refractivity contribution is 5.90. The van der Waals surface area contributed by atoms with Crippen LogP contribution in [-0.4, -0.2) is 28.9 Å². The van der Waals surface area contributed by atoms with Crippen molar-refractivity contribution in [1.82, 2.24) is 9.78 Å². The lowest BCUT2D eigenvalue weighted by molar-refractivity contribution is -0.141. The summed E-state index contributed by atoms with van der Waals surface area (Å²) in [5, 5.41) is 5.92. The lowest BCUT2D eigenvalue weighted by atomic mass is 10.2. The number of carbonyl (C=O) groups is 1. The molecule has 6 nitrogen and oxygen atoms in total. The molecule has 0 atom stereocenters. The number of hydrogen-bond acceptors (Lipinski definition) is 4. The Morgan fingerprint density at radius 3 is 2.67 bits per heavy atom. The molecule has 2 heterocycles. The normalized spacial score (nSPS) is 14.1. The molecule has 1 amide bonds. The summed E-state index contributed by atoms with van der Waals surface area (Å²) in [6.45, 7) is 0.738. The highest BCUT2D eigenvalue weighted by atomic mass is 19.4. The second-order valence-electron chi connectivity index (χ2n) is 5.16. The Bertz CT molecular complexity index is 743. The molecule has 0 unspecified atom stereocenters. The van der Waals surface area contributed by atoms with Crippen LogP contribution in [0.4, 0.5) is 18.9 Å². The molecule has 0 saturated heterocycles. The van der Waals surface area contributed by atoms with E-state index in [1.807, 2.05) is 0 Å². The van der Waals surface area contributed by atoms with Crippen molar-refractivity contribution in [3.05, 3.63) is 36.2 Å². The zero-order valence-corrected chi connectivity index (χ0v) is 12.5. The fraction of sp³-hybridized carbons (Fsp3) is 0.333. The van der Waals surface area contributed by atoms with Crippen LogP contribution in [0.3, 0.4) is 0 Å². The second-order valence-corrected chi connectivity index (χ2v) is 5.16. The van der Waals surface area contributed by atoms with E-state index in [1.54, 1.807) is 18.2 Å². The lowest BCUT2D eigenvalue weighted by Crippen LogP contribution is -2.19. The van der Waals surface area contributed by atoms with Crippen molar-refractivity contribution in [3.8, 4) is 11.5 Å². The largest absolute Gasteiger partial charge is 0.490 e. The van der Waals surface area contributed by atoms with Gasteiger partial charge in [0.2, 0.25) is 5.91 Å². The van der Waals surface area contributed by atoms with Gasteiger partial charge in [0.15, 0.2) is 17.2 Å². The van der Waals surface area contributed by atoms with Gasteiger partial charge < -0.3 is 14.8 Å². The number of hydrogen-bond donors (Lipinski definition) is 1. The van der Waals surface area contributed by atoms with Gasteiger partial charge in [-0.1, -0.05) is 0 Å². The van der Waals surface area contributed by atoms with E-state index >= 15 is 0 Å². The van der Waals surface area contributed by atoms with Crippen molar-refractivity contribution >= 4 is 11.6 Å². The third-order valence-corrected chi connectivity index (χ3v) is 3.27. The second kappa shape index (κ2) is 6.42. The number of rotatable bonds is 3. The van der Waals surface area contributed by atoms with Crippen LogP contribution in [-0.2, 0) is 17.5 Å². The Kier molecular flexibility index (Phi) is 4.32. The molecule has 1 aromatic heterocycles. The Balaban J connectivity index is 1.65. The highest BCUT2D eigenvalue weighted by Gasteiger charge is 2.33. The van der Waals surface area contributed by atoms with Crippen molar-refractivity contribution in [1.29, 1.82) is 0 Å². The number of fused-ring (bicyclic) bond motifs is 1. The van der Waals surface area contributed by atoms with Gasteiger partial charge in [-0.2, -0.15) is 18.3 Å². The van der Waals surface area contributed by atoms with Gasteiger partial charge in [0.05, 0.1) is 13.2 Å². The van der Waals surface area contributed by atoms with Gasteiger partial charge >= 0.3 is 6.18 Å². The smallest absolute Gasteiger partial charge is 0.435 e. The molecule has 0 spiro atoms. The molecule has 1 aromatic carbocycles. The van der Waals surface area contributed by atoms with Gasteiger partial charge in [0, 0.05) is 24.4 Å². The summed E-state index contributed by atoms with van der Waals surface area (Å²) >= 11 is 0. The molecule has 128 valence electrons. The molecule has 1 N–H and O–H groups in total. The number of nitrogens with zero attached hydrogens (tertiary/aromatic N) is 2. The Labute approximate surface area is 135 Å². The monoisotopic (exact) mass is 341 g/mol. The van der Waals surface area contributed by atoms with Crippen molar-refractivity contribution < 1.29 is 27.4 Å². The fourth-order valence-electron chi connectivity index (χ4n) is 2.19. The summed E-state index contributed by atoms with van der Waals surface area (Å²) in [6, 6.07) is 5.74. The topological polar surface area (TPSA) is 65.4 Å². The van der Waals surface area contributed by atoms with Crippen molar-refractivity contribution in [2.45, 2.75) is 19.1 Å². The highest BCUT2D eigenvalue weighted by Crippen LogP contribution is 2.32. The average molecular weight is 341 g/mol. The third kappa shape index (κ3) is 3.79. The summed E-state index contributed by atoms with van der Waals surface area (Å²) in [5.74, 6) is 0.609. The molecule has 0 fully saturated rings. The zero-order valence-electron chi connectivity index (χ0n) is 12.5. The molecular weight excluding hydrogens is 327 g/mol. The van der Waals surface area contributed by atoms with Gasteiger partial charge in [0.1, 0.15) is 6.54 Å². The summed E-state index contributed by atoms with van der Waals surface area (Å²) in [5.41, 5.74) is -0.571. The van der Waals surface area contributed by atoms with Gasteiger partial charge in [-0.05, 0) is 18.2 Å².